The zero-order valence-electron chi connectivity index (χ0n) is 12.0. The second-order valence-electron chi connectivity index (χ2n) is 6.91. The summed E-state index contributed by atoms with van der Waals surface area (Å²) in [5.41, 5.74) is 1.31. The highest BCUT2D eigenvalue weighted by atomic mass is 16.5. The SMILES string of the molecule is CC1(C)C2CCC1(C)C(Oc1cccc(C=O)c1)C2. The first-order chi connectivity index (χ1) is 8.97. The molecule has 0 spiro atoms. The number of carbonyl (C=O) groups is 1. The zero-order chi connectivity index (χ0) is 13.7. The van der Waals surface area contributed by atoms with E-state index >= 15 is 0 Å². The average Bonchev–Trinajstić information content (AvgIpc) is 2.72. The quantitative estimate of drug-likeness (QED) is 0.763. The van der Waals surface area contributed by atoms with E-state index in [2.05, 4.69) is 20.8 Å². The van der Waals surface area contributed by atoms with Crippen LogP contribution < -0.4 is 4.74 Å². The van der Waals surface area contributed by atoms with Gasteiger partial charge < -0.3 is 4.74 Å². The second kappa shape index (κ2) is 4.09. The van der Waals surface area contributed by atoms with Crippen molar-refractivity contribution in [2.45, 2.75) is 46.1 Å². The Bertz CT molecular complexity index is 506. The number of carbonyl (C=O) groups excluding carboxylic acids is 1. The molecule has 2 nitrogen and oxygen atoms in total. The van der Waals surface area contributed by atoms with Crippen LogP contribution in [0.1, 0.15) is 50.4 Å². The van der Waals surface area contributed by atoms with Crippen molar-refractivity contribution in [1.82, 2.24) is 0 Å². The van der Waals surface area contributed by atoms with E-state index in [4.69, 9.17) is 4.74 Å². The largest absolute Gasteiger partial charge is 0.490 e. The van der Waals surface area contributed by atoms with Crippen molar-refractivity contribution in [2.24, 2.45) is 16.7 Å². The molecule has 2 saturated carbocycles. The molecule has 2 heteroatoms. The predicted octanol–water partition coefficient (Wildman–Crippen LogP) is 4.09. The van der Waals surface area contributed by atoms with Gasteiger partial charge in [-0.2, -0.15) is 0 Å². The molecule has 1 aromatic rings. The summed E-state index contributed by atoms with van der Waals surface area (Å²) in [7, 11) is 0. The fourth-order valence-electron chi connectivity index (χ4n) is 4.13. The first-order valence-electron chi connectivity index (χ1n) is 7.19. The van der Waals surface area contributed by atoms with Gasteiger partial charge in [-0.3, -0.25) is 4.79 Å². The van der Waals surface area contributed by atoms with Crippen molar-refractivity contribution in [3.63, 3.8) is 0 Å². The molecule has 0 heterocycles. The molecule has 2 aliphatic rings. The topological polar surface area (TPSA) is 26.3 Å². The van der Waals surface area contributed by atoms with Gasteiger partial charge in [-0.05, 0) is 42.7 Å². The van der Waals surface area contributed by atoms with Crippen LogP contribution in [0.4, 0.5) is 0 Å². The Hall–Kier alpha value is -1.31. The molecule has 2 aliphatic carbocycles. The highest BCUT2D eigenvalue weighted by Gasteiger charge is 2.62. The normalized spacial score (nSPS) is 35.3. The molecule has 2 bridgehead atoms. The molecule has 1 aromatic carbocycles. The minimum Gasteiger partial charge on any atom is -0.490 e. The summed E-state index contributed by atoms with van der Waals surface area (Å²) < 4.78 is 6.23. The van der Waals surface area contributed by atoms with Crippen LogP contribution in [0.3, 0.4) is 0 Å². The Balaban J connectivity index is 1.83. The van der Waals surface area contributed by atoms with Crippen LogP contribution in [-0.2, 0) is 0 Å². The van der Waals surface area contributed by atoms with Gasteiger partial charge in [0.25, 0.3) is 0 Å². The van der Waals surface area contributed by atoms with Crippen LogP contribution in [0.5, 0.6) is 5.75 Å². The third-order valence-corrected chi connectivity index (χ3v) is 5.99. The molecule has 0 aliphatic heterocycles. The fraction of sp³-hybridized carbons (Fsp3) is 0.588. The summed E-state index contributed by atoms with van der Waals surface area (Å²) in [5.74, 6) is 1.61. The third-order valence-electron chi connectivity index (χ3n) is 5.99. The zero-order valence-corrected chi connectivity index (χ0v) is 12.0. The Morgan fingerprint density at radius 2 is 2.11 bits per heavy atom. The maximum Gasteiger partial charge on any atom is 0.150 e. The minimum atomic E-state index is 0.259. The van der Waals surface area contributed by atoms with E-state index in [1.165, 1.54) is 12.8 Å². The van der Waals surface area contributed by atoms with E-state index in [1.807, 2.05) is 24.3 Å². The summed E-state index contributed by atoms with van der Waals surface area (Å²) in [6.07, 6.45) is 4.89. The number of aldehydes is 1. The van der Waals surface area contributed by atoms with Gasteiger partial charge in [-0.25, -0.2) is 0 Å². The highest BCUT2D eigenvalue weighted by molar-refractivity contribution is 5.75. The lowest BCUT2D eigenvalue weighted by Crippen LogP contribution is -2.38. The number of benzene rings is 1. The number of fused-ring (bicyclic) bond motifs is 2. The second-order valence-corrected chi connectivity index (χ2v) is 6.91. The molecule has 3 unspecified atom stereocenters. The van der Waals surface area contributed by atoms with Gasteiger partial charge >= 0.3 is 0 Å². The predicted molar refractivity (Wildman–Crippen MR) is 75.5 cm³/mol. The number of ether oxygens (including phenoxy) is 1. The first kappa shape index (κ1) is 12.7. The van der Waals surface area contributed by atoms with Crippen LogP contribution in [0, 0.1) is 16.7 Å². The summed E-state index contributed by atoms with van der Waals surface area (Å²) >= 11 is 0. The van der Waals surface area contributed by atoms with Gasteiger partial charge in [0, 0.05) is 11.0 Å². The minimum absolute atomic E-state index is 0.259. The lowest BCUT2D eigenvalue weighted by Gasteiger charge is -2.38. The van der Waals surface area contributed by atoms with Crippen molar-refractivity contribution in [2.75, 3.05) is 0 Å². The van der Waals surface area contributed by atoms with E-state index in [0.717, 1.165) is 24.4 Å². The van der Waals surface area contributed by atoms with Crippen molar-refractivity contribution in [3.8, 4) is 5.75 Å². The van der Waals surface area contributed by atoms with E-state index in [9.17, 15) is 4.79 Å². The molecule has 0 aromatic heterocycles. The van der Waals surface area contributed by atoms with Crippen LogP contribution >= 0.6 is 0 Å². The molecule has 0 N–H and O–H groups in total. The van der Waals surface area contributed by atoms with Crippen molar-refractivity contribution >= 4 is 6.29 Å². The van der Waals surface area contributed by atoms with Gasteiger partial charge in [0.1, 0.15) is 18.1 Å². The summed E-state index contributed by atoms with van der Waals surface area (Å²) in [6, 6.07) is 7.50. The summed E-state index contributed by atoms with van der Waals surface area (Å²) in [6.45, 7) is 7.14. The smallest absolute Gasteiger partial charge is 0.150 e. The number of rotatable bonds is 3. The maximum absolute atomic E-state index is 10.8. The van der Waals surface area contributed by atoms with Crippen molar-refractivity contribution in [1.29, 1.82) is 0 Å². The Kier molecular flexibility index (Phi) is 2.74. The van der Waals surface area contributed by atoms with E-state index in [1.54, 1.807) is 0 Å². The standard InChI is InChI=1S/C17H22O2/c1-16(2)13-7-8-17(16,3)15(10-13)19-14-6-4-5-12(9-14)11-18/h4-6,9,11,13,15H,7-8,10H2,1-3H3. The molecular formula is C17H22O2. The molecule has 19 heavy (non-hydrogen) atoms. The van der Waals surface area contributed by atoms with E-state index in [-0.39, 0.29) is 11.5 Å². The molecule has 0 amide bonds. The van der Waals surface area contributed by atoms with E-state index < -0.39 is 0 Å². The Morgan fingerprint density at radius 3 is 2.68 bits per heavy atom. The molecule has 3 rings (SSSR count). The number of hydrogen-bond acceptors (Lipinski definition) is 2. The third kappa shape index (κ3) is 1.73. The average molecular weight is 258 g/mol. The van der Waals surface area contributed by atoms with Gasteiger partial charge in [0.05, 0.1) is 0 Å². The van der Waals surface area contributed by atoms with Gasteiger partial charge in [-0.15, -0.1) is 0 Å². The lowest BCUT2D eigenvalue weighted by atomic mass is 9.70. The van der Waals surface area contributed by atoms with Crippen LogP contribution in [-0.4, -0.2) is 12.4 Å². The first-order valence-corrected chi connectivity index (χ1v) is 7.19. The van der Waals surface area contributed by atoms with Crippen LogP contribution in [0.2, 0.25) is 0 Å². The van der Waals surface area contributed by atoms with Crippen molar-refractivity contribution in [3.05, 3.63) is 29.8 Å². The molecule has 0 saturated heterocycles. The molecule has 2 fully saturated rings. The fourth-order valence-corrected chi connectivity index (χ4v) is 4.13. The monoisotopic (exact) mass is 258 g/mol. The molecule has 0 radical (unpaired) electrons. The van der Waals surface area contributed by atoms with Gasteiger partial charge in [-0.1, -0.05) is 32.9 Å². The van der Waals surface area contributed by atoms with Gasteiger partial charge in [0.15, 0.2) is 0 Å². The highest BCUT2D eigenvalue weighted by Crippen LogP contribution is 2.66. The van der Waals surface area contributed by atoms with Crippen molar-refractivity contribution < 1.29 is 9.53 Å². The maximum atomic E-state index is 10.8. The van der Waals surface area contributed by atoms with Gasteiger partial charge in [0.2, 0.25) is 0 Å². The summed E-state index contributed by atoms with van der Waals surface area (Å²) in [5, 5.41) is 0. The molecule has 102 valence electrons. The molecule has 3 atom stereocenters. The summed E-state index contributed by atoms with van der Waals surface area (Å²) in [4.78, 5) is 10.8. The Labute approximate surface area is 115 Å². The Morgan fingerprint density at radius 1 is 1.32 bits per heavy atom. The van der Waals surface area contributed by atoms with Crippen LogP contribution in [0.25, 0.3) is 0 Å². The molecular weight excluding hydrogens is 236 g/mol. The van der Waals surface area contributed by atoms with Crippen LogP contribution in [0.15, 0.2) is 24.3 Å². The van der Waals surface area contributed by atoms with E-state index in [0.29, 0.717) is 11.0 Å². The lowest BCUT2D eigenvalue weighted by molar-refractivity contribution is 0.0301. The number of hydrogen-bond donors (Lipinski definition) is 0.